The Kier molecular flexibility index (Phi) is 6.55. The van der Waals surface area contributed by atoms with Gasteiger partial charge >= 0.3 is 0 Å². The van der Waals surface area contributed by atoms with E-state index >= 15 is 0 Å². The van der Waals surface area contributed by atoms with Gasteiger partial charge in [0, 0.05) is 17.3 Å². The lowest BCUT2D eigenvalue weighted by molar-refractivity contribution is -0.883. The van der Waals surface area contributed by atoms with E-state index in [0.717, 1.165) is 18.8 Å². The molecular formula is C25H30N3O5+. The van der Waals surface area contributed by atoms with Crippen molar-refractivity contribution in [2.75, 3.05) is 54.1 Å². The van der Waals surface area contributed by atoms with E-state index in [4.69, 9.17) is 14.2 Å². The van der Waals surface area contributed by atoms with E-state index in [1.165, 1.54) is 23.7 Å². The molecule has 8 nitrogen and oxygen atoms in total. The summed E-state index contributed by atoms with van der Waals surface area (Å²) in [5.74, 6) is 1.53. The Morgan fingerprint density at radius 1 is 1.00 bits per heavy atom. The lowest BCUT2D eigenvalue weighted by atomic mass is 10.0. The van der Waals surface area contributed by atoms with Gasteiger partial charge in [-0.25, -0.2) is 0 Å². The van der Waals surface area contributed by atoms with Crippen LogP contribution < -0.4 is 24.7 Å². The van der Waals surface area contributed by atoms with Crippen LogP contribution >= 0.6 is 0 Å². The summed E-state index contributed by atoms with van der Waals surface area (Å²) in [5.41, 5.74) is 0.866. The molecule has 33 heavy (non-hydrogen) atoms. The lowest BCUT2D eigenvalue weighted by Gasteiger charge is -2.30. The van der Waals surface area contributed by atoms with Crippen LogP contribution in [0.3, 0.4) is 0 Å². The molecule has 2 heterocycles. The van der Waals surface area contributed by atoms with Crippen LogP contribution in [0.2, 0.25) is 0 Å². The maximum atomic E-state index is 13.6. The van der Waals surface area contributed by atoms with E-state index in [-0.39, 0.29) is 11.5 Å². The highest BCUT2D eigenvalue weighted by Gasteiger charge is 2.26. The summed E-state index contributed by atoms with van der Waals surface area (Å²) < 4.78 is 17.9. The largest absolute Gasteiger partial charge is 0.494 e. The molecule has 0 radical (unpaired) electrons. The van der Waals surface area contributed by atoms with Crippen LogP contribution in [0.4, 0.5) is 0 Å². The minimum absolute atomic E-state index is 0.0978. The summed E-state index contributed by atoms with van der Waals surface area (Å²) >= 11 is 0. The van der Waals surface area contributed by atoms with E-state index in [9.17, 15) is 9.59 Å². The highest BCUT2D eigenvalue weighted by atomic mass is 16.5. The molecule has 1 aromatic heterocycles. The molecule has 0 atom stereocenters. The van der Waals surface area contributed by atoms with Gasteiger partial charge in [-0.05, 0) is 43.3 Å². The average Bonchev–Trinajstić information content (AvgIpc) is 2.84. The number of fused-ring (bicyclic) bond motifs is 1. The zero-order valence-electron chi connectivity index (χ0n) is 19.5. The number of aromatic nitrogens is 1. The standard InChI is InChI=1S/C25H29N3O5/c1-5-33-18-8-6-17(7-9-18)28-16-21(24(29)27-12-10-26(2)11-13-27)19-14-22(31-3)23(32-4)15-20(19)25(28)30/h6-9,14-16H,5,10-13H2,1-4H3/p+1. The molecule has 1 N–H and O–H groups in total. The molecule has 0 spiro atoms. The molecule has 0 unspecified atom stereocenters. The summed E-state index contributed by atoms with van der Waals surface area (Å²) in [6, 6.07) is 10.6. The number of quaternary nitrogens is 1. The Labute approximate surface area is 192 Å². The zero-order valence-corrected chi connectivity index (χ0v) is 19.5. The van der Waals surface area contributed by atoms with Gasteiger partial charge in [0.1, 0.15) is 5.75 Å². The average molecular weight is 453 g/mol. The highest BCUT2D eigenvalue weighted by molar-refractivity contribution is 6.07. The number of methoxy groups -OCH3 is 2. The summed E-state index contributed by atoms with van der Waals surface area (Å²) in [6.45, 7) is 5.59. The smallest absolute Gasteiger partial charge is 0.263 e. The molecular weight excluding hydrogens is 422 g/mol. The lowest BCUT2D eigenvalue weighted by Crippen LogP contribution is -3.12. The predicted molar refractivity (Wildman–Crippen MR) is 126 cm³/mol. The van der Waals surface area contributed by atoms with Gasteiger partial charge in [-0.1, -0.05) is 0 Å². The number of hydrogen-bond acceptors (Lipinski definition) is 5. The van der Waals surface area contributed by atoms with Crippen LogP contribution in [-0.2, 0) is 0 Å². The van der Waals surface area contributed by atoms with Gasteiger partial charge in [-0.3, -0.25) is 14.2 Å². The quantitative estimate of drug-likeness (QED) is 0.612. The van der Waals surface area contributed by atoms with Crippen molar-refractivity contribution in [2.24, 2.45) is 0 Å². The Morgan fingerprint density at radius 3 is 2.18 bits per heavy atom. The van der Waals surface area contributed by atoms with Crippen molar-refractivity contribution in [3.63, 3.8) is 0 Å². The number of nitrogens with one attached hydrogen (secondary N) is 1. The van der Waals surface area contributed by atoms with Crippen LogP contribution in [0, 0.1) is 0 Å². The van der Waals surface area contributed by atoms with E-state index in [1.54, 1.807) is 18.3 Å². The molecule has 2 aromatic carbocycles. The van der Waals surface area contributed by atoms with Crippen molar-refractivity contribution >= 4 is 16.7 Å². The fraction of sp³-hybridized carbons (Fsp3) is 0.360. The summed E-state index contributed by atoms with van der Waals surface area (Å²) in [6.07, 6.45) is 1.64. The molecule has 1 saturated heterocycles. The second kappa shape index (κ2) is 9.54. The van der Waals surface area contributed by atoms with Crippen molar-refractivity contribution < 1.29 is 23.9 Å². The normalized spacial score (nSPS) is 14.4. The van der Waals surface area contributed by atoms with E-state index in [0.29, 0.717) is 53.2 Å². The van der Waals surface area contributed by atoms with Gasteiger partial charge in [0.2, 0.25) is 0 Å². The number of piperazine rings is 1. The first-order chi connectivity index (χ1) is 16.0. The number of pyridine rings is 1. The summed E-state index contributed by atoms with van der Waals surface area (Å²) in [7, 11) is 5.19. The number of carbonyl (C=O) groups is 1. The minimum atomic E-state index is -0.241. The van der Waals surface area contributed by atoms with Gasteiger partial charge in [-0.15, -0.1) is 0 Å². The molecule has 8 heteroatoms. The molecule has 0 aliphatic carbocycles. The first kappa shape index (κ1) is 22.7. The Bertz CT molecular complexity index is 1210. The van der Waals surface area contributed by atoms with Gasteiger partial charge in [0.25, 0.3) is 11.5 Å². The summed E-state index contributed by atoms with van der Waals surface area (Å²) in [4.78, 5) is 30.4. The molecule has 3 aromatic rings. The second-order valence-electron chi connectivity index (χ2n) is 8.15. The molecule has 1 aliphatic rings. The SMILES string of the molecule is CCOc1ccc(-n2cc(C(=O)N3CC[NH+](C)CC3)c3cc(OC)c(OC)cc3c2=O)cc1. The van der Waals surface area contributed by atoms with Gasteiger partial charge in [0.05, 0.1) is 65.0 Å². The molecule has 1 amide bonds. The number of likely N-dealkylation sites (N-methyl/N-ethyl adjacent to an activating group) is 1. The van der Waals surface area contributed by atoms with Gasteiger partial charge < -0.3 is 24.0 Å². The minimum Gasteiger partial charge on any atom is -0.494 e. The van der Waals surface area contributed by atoms with Gasteiger partial charge in [-0.2, -0.15) is 0 Å². The van der Waals surface area contributed by atoms with Crippen LogP contribution in [0.25, 0.3) is 16.5 Å². The number of hydrogen-bond donors (Lipinski definition) is 1. The van der Waals surface area contributed by atoms with Crippen molar-refractivity contribution in [1.29, 1.82) is 0 Å². The van der Waals surface area contributed by atoms with Gasteiger partial charge in [0.15, 0.2) is 11.5 Å². The predicted octanol–water partition coefficient (Wildman–Crippen LogP) is 1.38. The maximum Gasteiger partial charge on any atom is 0.263 e. The number of nitrogens with zero attached hydrogens (tertiary/aromatic N) is 2. The number of carbonyl (C=O) groups excluding carboxylic acids is 1. The second-order valence-corrected chi connectivity index (χ2v) is 8.15. The number of amides is 1. The molecule has 0 bridgehead atoms. The fourth-order valence-corrected chi connectivity index (χ4v) is 4.16. The highest BCUT2D eigenvalue weighted by Crippen LogP contribution is 2.33. The number of ether oxygens (including phenoxy) is 3. The van der Waals surface area contributed by atoms with Crippen LogP contribution in [0.5, 0.6) is 17.2 Å². The Morgan fingerprint density at radius 2 is 1.61 bits per heavy atom. The third-order valence-electron chi connectivity index (χ3n) is 6.08. The molecule has 0 saturated carbocycles. The van der Waals surface area contributed by atoms with Crippen LogP contribution in [0.1, 0.15) is 17.3 Å². The van der Waals surface area contributed by atoms with E-state index in [1.807, 2.05) is 36.1 Å². The Hall–Kier alpha value is -3.52. The van der Waals surface area contributed by atoms with Crippen molar-refractivity contribution in [3.05, 3.63) is 58.5 Å². The van der Waals surface area contributed by atoms with Crippen molar-refractivity contribution in [3.8, 4) is 22.9 Å². The Balaban J connectivity index is 1.91. The topological polar surface area (TPSA) is 74.4 Å². The van der Waals surface area contributed by atoms with Crippen molar-refractivity contribution in [1.82, 2.24) is 9.47 Å². The first-order valence-corrected chi connectivity index (χ1v) is 11.1. The van der Waals surface area contributed by atoms with Crippen molar-refractivity contribution in [2.45, 2.75) is 6.92 Å². The molecule has 1 aliphatic heterocycles. The number of benzene rings is 2. The van der Waals surface area contributed by atoms with Crippen LogP contribution in [0.15, 0.2) is 47.4 Å². The monoisotopic (exact) mass is 452 g/mol. The third kappa shape index (κ3) is 4.39. The first-order valence-electron chi connectivity index (χ1n) is 11.1. The van der Waals surface area contributed by atoms with Crippen LogP contribution in [-0.4, -0.2) is 69.4 Å². The maximum absolute atomic E-state index is 13.6. The third-order valence-corrected chi connectivity index (χ3v) is 6.08. The molecule has 1 fully saturated rings. The summed E-state index contributed by atoms with van der Waals surface area (Å²) in [5, 5.41) is 0.947. The number of rotatable bonds is 6. The fourth-order valence-electron chi connectivity index (χ4n) is 4.16. The van der Waals surface area contributed by atoms with E-state index in [2.05, 4.69) is 7.05 Å². The molecule has 4 rings (SSSR count). The zero-order chi connectivity index (χ0) is 23.5. The molecule has 174 valence electrons. The van der Waals surface area contributed by atoms with E-state index < -0.39 is 0 Å².